The highest BCUT2D eigenvalue weighted by Gasteiger charge is 2.22. The van der Waals surface area contributed by atoms with Gasteiger partial charge in [-0.15, -0.1) is 0 Å². The third kappa shape index (κ3) is 5.29. The van der Waals surface area contributed by atoms with Crippen molar-refractivity contribution >= 4 is 43.9 Å². The Balaban J connectivity index is 1.11. The molecule has 0 bridgehead atoms. The van der Waals surface area contributed by atoms with Gasteiger partial charge in [0.1, 0.15) is 22.3 Å². The van der Waals surface area contributed by atoms with Crippen molar-refractivity contribution in [1.29, 1.82) is 0 Å². The van der Waals surface area contributed by atoms with Crippen molar-refractivity contribution in [2.45, 2.75) is 0 Å². The molecule has 11 aromatic rings. The molecule has 11 rings (SSSR count). The Morgan fingerprint density at radius 2 is 0.768 bits per heavy atom. The molecule has 0 saturated heterocycles. The normalized spacial score (nSPS) is 11.6. The van der Waals surface area contributed by atoms with Crippen LogP contribution in [0.5, 0.6) is 0 Å². The van der Waals surface area contributed by atoms with Gasteiger partial charge >= 0.3 is 0 Å². The van der Waals surface area contributed by atoms with E-state index >= 15 is 0 Å². The molecule has 8 aromatic carbocycles. The van der Waals surface area contributed by atoms with E-state index in [-0.39, 0.29) is 0 Å². The highest BCUT2D eigenvalue weighted by Crippen LogP contribution is 2.46. The number of benzene rings is 8. The number of rotatable bonds is 6. The Morgan fingerprint density at radius 1 is 0.268 bits per heavy atom. The molecule has 0 spiro atoms. The van der Waals surface area contributed by atoms with Crippen LogP contribution >= 0.6 is 0 Å². The number of furan rings is 2. The Morgan fingerprint density at radius 3 is 1.52 bits per heavy atom. The fourth-order valence-corrected chi connectivity index (χ4v) is 7.93. The van der Waals surface area contributed by atoms with Gasteiger partial charge in [0.25, 0.3) is 0 Å². The van der Waals surface area contributed by atoms with Crippen molar-refractivity contribution in [1.82, 2.24) is 15.0 Å². The van der Waals surface area contributed by atoms with Crippen molar-refractivity contribution in [2.24, 2.45) is 0 Å². The van der Waals surface area contributed by atoms with Gasteiger partial charge in [0.15, 0.2) is 17.5 Å². The smallest absolute Gasteiger partial charge is 0.164 e. The molecule has 0 saturated carbocycles. The summed E-state index contributed by atoms with van der Waals surface area (Å²) in [4.78, 5) is 15.3. The zero-order chi connectivity index (χ0) is 37.0. The van der Waals surface area contributed by atoms with Crippen LogP contribution in [-0.4, -0.2) is 15.0 Å². The minimum absolute atomic E-state index is 0.579. The van der Waals surface area contributed by atoms with Gasteiger partial charge in [0.2, 0.25) is 0 Å². The predicted molar refractivity (Wildman–Crippen MR) is 227 cm³/mol. The van der Waals surface area contributed by atoms with Crippen molar-refractivity contribution in [2.75, 3.05) is 0 Å². The highest BCUT2D eigenvalue weighted by molar-refractivity contribution is 6.21. The molecule has 262 valence electrons. The van der Waals surface area contributed by atoms with Crippen LogP contribution in [0, 0.1) is 0 Å². The fraction of sp³-hybridized carbons (Fsp3) is 0. The minimum Gasteiger partial charge on any atom is -0.455 e. The largest absolute Gasteiger partial charge is 0.455 e. The first-order chi connectivity index (χ1) is 27.8. The molecule has 0 atom stereocenters. The van der Waals surface area contributed by atoms with Gasteiger partial charge in [0.05, 0.1) is 0 Å². The third-order valence-corrected chi connectivity index (χ3v) is 10.6. The maximum Gasteiger partial charge on any atom is 0.164 e. The summed E-state index contributed by atoms with van der Waals surface area (Å²) < 4.78 is 13.5. The topological polar surface area (TPSA) is 65.0 Å². The molecule has 0 unspecified atom stereocenters. The lowest BCUT2D eigenvalue weighted by Gasteiger charge is -2.10. The first-order valence-corrected chi connectivity index (χ1v) is 18.7. The molecule has 0 aliphatic rings. The molecule has 0 fully saturated rings. The second-order valence-electron chi connectivity index (χ2n) is 13.9. The summed E-state index contributed by atoms with van der Waals surface area (Å²) in [6.45, 7) is 0. The molecule has 0 aliphatic carbocycles. The van der Waals surface area contributed by atoms with E-state index in [1.807, 2.05) is 66.7 Å². The van der Waals surface area contributed by atoms with Crippen LogP contribution in [0.1, 0.15) is 0 Å². The van der Waals surface area contributed by atoms with Gasteiger partial charge in [-0.1, -0.05) is 170 Å². The second kappa shape index (κ2) is 13.0. The van der Waals surface area contributed by atoms with Crippen LogP contribution in [0.4, 0.5) is 0 Å². The van der Waals surface area contributed by atoms with Crippen molar-refractivity contribution in [3.05, 3.63) is 188 Å². The summed E-state index contributed by atoms with van der Waals surface area (Å²) in [7, 11) is 0. The van der Waals surface area contributed by atoms with Crippen molar-refractivity contribution in [3.63, 3.8) is 0 Å². The molecule has 3 aromatic heterocycles. The van der Waals surface area contributed by atoms with Crippen LogP contribution in [0.2, 0.25) is 0 Å². The van der Waals surface area contributed by atoms with E-state index in [1.165, 1.54) is 0 Å². The number of aromatic nitrogens is 3. The zero-order valence-electron chi connectivity index (χ0n) is 30.1. The monoisotopic (exact) mass is 717 g/mol. The quantitative estimate of drug-likeness (QED) is 0.171. The molecule has 5 heteroatoms. The molecule has 0 aliphatic heterocycles. The lowest BCUT2D eigenvalue weighted by Crippen LogP contribution is -2.00. The van der Waals surface area contributed by atoms with Crippen LogP contribution in [0.15, 0.2) is 197 Å². The van der Waals surface area contributed by atoms with E-state index in [2.05, 4.69) is 121 Å². The first kappa shape index (κ1) is 31.9. The molecule has 0 amide bonds. The van der Waals surface area contributed by atoms with Gasteiger partial charge in [-0.05, 0) is 40.5 Å². The van der Waals surface area contributed by atoms with Crippen molar-refractivity contribution < 1.29 is 8.83 Å². The Hall–Kier alpha value is -7.63. The maximum absolute atomic E-state index is 6.84. The number of fused-ring (bicyclic) bond motifs is 6. The van der Waals surface area contributed by atoms with Gasteiger partial charge in [-0.2, -0.15) is 0 Å². The second-order valence-corrected chi connectivity index (χ2v) is 13.9. The fourth-order valence-electron chi connectivity index (χ4n) is 7.93. The molecular weight excluding hydrogens is 687 g/mol. The van der Waals surface area contributed by atoms with Gasteiger partial charge in [0, 0.05) is 49.4 Å². The van der Waals surface area contributed by atoms with Crippen LogP contribution in [0.3, 0.4) is 0 Å². The maximum atomic E-state index is 6.84. The lowest BCUT2D eigenvalue weighted by molar-refractivity contribution is 0.669. The summed E-state index contributed by atoms with van der Waals surface area (Å²) >= 11 is 0. The molecule has 0 N–H and O–H groups in total. The average molecular weight is 718 g/mol. The summed E-state index contributed by atoms with van der Waals surface area (Å²) in [5.41, 5.74) is 12.4. The molecule has 56 heavy (non-hydrogen) atoms. The van der Waals surface area contributed by atoms with Gasteiger partial charge in [-0.3, -0.25) is 0 Å². The van der Waals surface area contributed by atoms with Crippen LogP contribution < -0.4 is 0 Å². The van der Waals surface area contributed by atoms with E-state index in [9.17, 15) is 0 Å². The molecule has 0 radical (unpaired) electrons. The standard InChI is InChI=1S/C51H31N3O2/c1-4-14-32(15-5-1)33-26-28-36(29-27-33)50-52-49(35-18-8-3-9-19-35)53-51(54-50)42-23-13-25-44-45(42)41-22-12-21-39(47(41)56-44)38-31-30-37(34-16-6-2-7-17-34)48-46(38)40-20-10-11-24-43(40)55-48/h1-31H. The Kier molecular flexibility index (Phi) is 7.42. The summed E-state index contributed by atoms with van der Waals surface area (Å²) in [5.74, 6) is 1.79. The van der Waals surface area contributed by atoms with Crippen LogP contribution in [-0.2, 0) is 0 Å². The highest BCUT2D eigenvalue weighted by atomic mass is 16.3. The van der Waals surface area contributed by atoms with Gasteiger partial charge < -0.3 is 8.83 Å². The summed E-state index contributed by atoms with van der Waals surface area (Å²) in [6.07, 6.45) is 0. The lowest BCUT2D eigenvalue weighted by atomic mass is 9.93. The minimum atomic E-state index is 0.579. The summed E-state index contributed by atoms with van der Waals surface area (Å²) in [6, 6.07) is 64.3. The summed E-state index contributed by atoms with van der Waals surface area (Å²) in [5, 5.41) is 4.06. The number of nitrogens with zero attached hydrogens (tertiary/aromatic N) is 3. The molecular formula is C51H31N3O2. The Bertz CT molecular complexity index is 3220. The number of para-hydroxylation sites is 2. The third-order valence-electron chi connectivity index (χ3n) is 10.6. The van der Waals surface area contributed by atoms with E-state index < -0.39 is 0 Å². The average Bonchev–Trinajstić information content (AvgIpc) is 3.86. The predicted octanol–water partition coefficient (Wildman–Crippen LogP) is 13.7. The number of hydrogen-bond acceptors (Lipinski definition) is 5. The SMILES string of the molecule is c1ccc(-c2ccc(-c3nc(-c4ccccc4)nc(-c4cccc5oc6c(-c7ccc(-c8ccccc8)c8oc9ccccc9c78)cccc6c45)n3)cc2)cc1. The first-order valence-electron chi connectivity index (χ1n) is 18.7. The molecule has 5 nitrogen and oxygen atoms in total. The van der Waals surface area contributed by atoms with E-state index in [0.717, 1.165) is 93.9 Å². The van der Waals surface area contributed by atoms with E-state index in [4.69, 9.17) is 23.8 Å². The van der Waals surface area contributed by atoms with Crippen LogP contribution in [0.25, 0.3) is 111 Å². The van der Waals surface area contributed by atoms with E-state index in [1.54, 1.807) is 0 Å². The van der Waals surface area contributed by atoms with Crippen molar-refractivity contribution in [3.8, 4) is 67.5 Å². The Labute approximate surface area is 322 Å². The zero-order valence-corrected chi connectivity index (χ0v) is 30.1. The van der Waals surface area contributed by atoms with Gasteiger partial charge in [-0.25, -0.2) is 15.0 Å². The number of hydrogen-bond donors (Lipinski definition) is 0. The van der Waals surface area contributed by atoms with E-state index in [0.29, 0.717) is 17.5 Å². The molecule has 3 heterocycles.